The summed E-state index contributed by atoms with van der Waals surface area (Å²) in [5, 5.41) is 8.60. The Hall–Kier alpha value is -2.31. The normalized spacial score (nSPS) is 11.9. The molecule has 1 aromatic heterocycles. The Bertz CT molecular complexity index is 841. The second-order valence-electron chi connectivity index (χ2n) is 5.11. The van der Waals surface area contributed by atoms with Gasteiger partial charge in [0.25, 0.3) is 0 Å². The first-order valence-corrected chi connectivity index (χ1v) is 8.53. The van der Waals surface area contributed by atoms with E-state index in [0.717, 1.165) is 27.3 Å². The van der Waals surface area contributed by atoms with Crippen molar-refractivity contribution in [3.63, 3.8) is 0 Å². The Kier molecular flexibility index (Phi) is 4.87. The van der Waals surface area contributed by atoms with E-state index in [-0.39, 0.29) is 0 Å². The van der Waals surface area contributed by atoms with Gasteiger partial charge in [-0.1, -0.05) is 36.4 Å². The Morgan fingerprint density at radius 1 is 1.08 bits per heavy atom. The van der Waals surface area contributed by atoms with E-state index < -0.39 is 11.2 Å². The first-order valence-electron chi connectivity index (χ1n) is 7.20. The van der Waals surface area contributed by atoms with Crippen molar-refractivity contribution in [2.45, 2.75) is 5.25 Å². The van der Waals surface area contributed by atoms with Crippen molar-refractivity contribution < 1.29 is 14.6 Å². The summed E-state index contributed by atoms with van der Waals surface area (Å²) < 4.78 is 5.17. The molecule has 3 aromatic rings. The fourth-order valence-corrected chi connectivity index (χ4v) is 3.39. The molecule has 0 spiro atoms. The van der Waals surface area contributed by atoms with Crippen molar-refractivity contribution in [3.05, 3.63) is 59.7 Å². The second kappa shape index (κ2) is 7.07. The average Bonchev–Trinajstić information content (AvgIpc) is 3.11. The van der Waals surface area contributed by atoms with Crippen LogP contribution in [0.15, 0.2) is 54.7 Å². The largest absolute Gasteiger partial charge is 0.497 e. The zero-order valence-corrected chi connectivity index (χ0v) is 14.6. The minimum absolute atomic E-state index is 0.486. The molecule has 3 rings (SSSR count). The Balaban J connectivity index is 1.82. The van der Waals surface area contributed by atoms with E-state index in [4.69, 9.17) is 9.84 Å². The molecule has 0 aliphatic heterocycles. The van der Waals surface area contributed by atoms with Crippen LogP contribution < -0.4 is 4.74 Å². The average molecular weight is 357 g/mol. The van der Waals surface area contributed by atoms with Crippen LogP contribution in [-0.4, -0.2) is 23.2 Å². The summed E-state index contributed by atoms with van der Waals surface area (Å²) >= 11 is 5.40. The molecule has 1 unspecified atom stereocenters. The van der Waals surface area contributed by atoms with Crippen LogP contribution in [0, 0.1) is 0 Å². The van der Waals surface area contributed by atoms with Gasteiger partial charge in [-0.15, -0.1) is 11.3 Å². The Morgan fingerprint density at radius 3 is 2.17 bits per heavy atom. The van der Waals surface area contributed by atoms with Crippen LogP contribution in [0.4, 0.5) is 0 Å². The number of nitrogens with zero attached hydrogens (tertiary/aromatic N) is 1. The van der Waals surface area contributed by atoms with Crippen molar-refractivity contribution in [1.82, 2.24) is 4.98 Å². The molecule has 0 amide bonds. The van der Waals surface area contributed by atoms with Crippen LogP contribution in [0.3, 0.4) is 0 Å². The first-order chi connectivity index (χ1) is 11.6. The number of thiol groups is 1. The quantitative estimate of drug-likeness (QED) is 0.658. The predicted molar refractivity (Wildman–Crippen MR) is 98.9 cm³/mol. The van der Waals surface area contributed by atoms with Gasteiger partial charge in [0.2, 0.25) is 0 Å². The number of carboxylic acids is 1. The fraction of sp³-hybridized carbons (Fsp3) is 0.111. The molecule has 1 N–H and O–H groups in total. The molecule has 122 valence electrons. The molecule has 6 heteroatoms. The molecule has 0 radical (unpaired) electrons. The summed E-state index contributed by atoms with van der Waals surface area (Å²) in [7, 11) is 1.65. The standard InChI is InChI=1S/C18H15NO3S2/c1-22-14-8-6-12(7-9-14)11-2-4-13(5-3-11)15-10-19-17(24-15)16(23)18(20)21/h2-10,16,23H,1H3,(H,20,21). The zero-order valence-electron chi connectivity index (χ0n) is 12.8. The van der Waals surface area contributed by atoms with Gasteiger partial charge >= 0.3 is 5.97 Å². The highest BCUT2D eigenvalue weighted by Crippen LogP contribution is 2.33. The second-order valence-corrected chi connectivity index (χ2v) is 6.69. The minimum Gasteiger partial charge on any atom is -0.497 e. The smallest absolute Gasteiger partial charge is 0.323 e. The van der Waals surface area contributed by atoms with E-state index >= 15 is 0 Å². The van der Waals surface area contributed by atoms with Gasteiger partial charge < -0.3 is 9.84 Å². The lowest BCUT2D eigenvalue weighted by atomic mass is 10.0. The number of carboxylic acid groups (broad SMARTS) is 1. The van der Waals surface area contributed by atoms with Gasteiger partial charge in [0, 0.05) is 6.20 Å². The summed E-state index contributed by atoms with van der Waals surface area (Å²) in [6.45, 7) is 0. The summed E-state index contributed by atoms with van der Waals surface area (Å²) in [4.78, 5) is 16.1. The van der Waals surface area contributed by atoms with Crippen LogP contribution >= 0.6 is 24.0 Å². The molecule has 1 atom stereocenters. The van der Waals surface area contributed by atoms with Gasteiger partial charge in [0.1, 0.15) is 10.8 Å². The van der Waals surface area contributed by atoms with E-state index in [0.29, 0.717) is 5.01 Å². The van der Waals surface area contributed by atoms with Gasteiger partial charge in [-0.25, -0.2) is 4.98 Å². The summed E-state index contributed by atoms with van der Waals surface area (Å²) in [5.74, 6) is -0.165. The SMILES string of the molecule is COc1ccc(-c2ccc(-c3cnc(C(S)C(=O)O)s3)cc2)cc1. The maximum absolute atomic E-state index is 11.0. The Morgan fingerprint density at radius 2 is 1.62 bits per heavy atom. The molecule has 24 heavy (non-hydrogen) atoms. The molecule has 2 aromatic carbocycles. The van der Waals surface area contributed by atoms with Crippen molar-refractivity contribution in [1.29, 1.82) is 0 Å². The summed E-state index contributed by atoms with van der Waals surface area (Å²) in [5.41, 5.74) is 3.21. The van der Waals surface area contributed by atoms with Gasteiger partial charge in [0.05, 0.1) is 12.0 Å². The Labute approximate surface area is 149 Å². The summed E-state index contributed by atoms with van der Waals surface area (Å²) in [6.07, 6.45) is 1.69. The highest BCUT2D eigenvalue weighted by molar-refractivity contribution is 7.81. The first kappa shape index (κ1) is 16.5. The molecule has 0 saturated carbocycles. The highest BCUT2D eigenvalue weighted by Gasteiger charge is 2.19. The highest BCUT2D eigenvalue weighted by atomic mass is 32.1. The van der Waals surface area contributed by atoms with Gasteiger partial charge in [0.15, 0.2) is 5.25 Å². The number of ether oxygens (including phenoxy) is 1. The third-order valence-corrected chi connectivity index (χ3v) is 5.34. The number of carbonyl (C=O) groups is 1. The van der Waals surface area contributed by atoms with E-state index in [2.05, 4.69) is 17.6 Å². The lowest BCUT2D eigenvalue weighted by Gasteiger charge is -2.05. The molecule has 0 saturated heterocycles. The van der Waals surface area contributed by atoms with Crippen LogP contribution in [0.2, 0.25) is 0 Å². The number of aromatic nitrogens is 1. The molecule has 0 aliphatic carbocycles. The van der Waals surface area contributed by atoms with E-state index in [1.54, 1.807) is 13.3 Å². The van der Waals surface area contributed by atoms with Crippen LogP contribution in [0.1, 0.15) is 10.3 Å². The van der Waals surface area contributed by atoms with Gasteiger partial charge in [-0.2, -0.15) is 12.6 Å². The number of thiazole rings is 1. The lowest BCUT2D eigenvalue weighted by Crippen LogP contribution is -2.03. The molecule has 0 aliphatic rings. The van der Waals surface area contributed by atoms with Gasteiger partial charge in [-0.05, 0) is 28.8 Å². The lowest BCUT2D eigenvalue weighted by molar-refractivity contribution is -0.136. The van der Waals surface area contributed by atoms with Crippen molar-refractivity contribution in [2.24, 2.45) is 0 Å². The molecular formula is C18H15NO3S2. The molecular weight excluding hydrogens is 342 g/mol. The van der Waals surface area contributed by atoms with E-state index in [9.17, 15) is 4.79 Å². The monoisotopic (exact) mass is 357 g/mol. The topological polar surface area (TPSA) is 59.4 Å². The van der Waals surface area contributed by atoms with Crippen LogP contribution in [-0.2, 0) is 4.79 Å². The van der Waals surface area contributed by atoms with E-state index in [1.165, 1.54) is 11.3 Å². The minimum atomic E-state index is -0.992. The number of hydrogen-bond acceptors (Lipinski definition) is 5. The van der Waals surface area contributed by atoms with Crippen LogP contribution in [0.5, 0.6) is 5.75 Å². The number of methoxy groups -OCH3 is 1. The number of rotatable bonds is 5. The third kappa shape index (κ3) is 3.44. The molecule has 0 bridgehead atoms. The van der Waals surface area contributed by atoms with E-state index in [1.807, 2.05) is 48.5 Å². The molecule has 4 nitrogen and oxygen atoms in total. The maximum Gasteiger partial charge on any atom is 0.323 e. The van der Waals surface area contributed by atoms with Crippen molar-refractivity contribution >= 4 is 29.9 Å². The predicted octanol–water partition coefficient (Wildman–Crippen LogP) is 4.54. The fourth-order valence-electron chi connectivity index (χ4n) is 2.26. The van der Waals surface area contributed by atoms with Crippen molar-refractivity contribution in [3.8, 4) is 27.3 Å². The maximum atomic E-state index is 11.0. The molecule has 0 fully saturated rings. The van der Waals surface area contributed by atoms with Crippen molar-refractivity contribution in [2.75, 3.05) is 7.11 Å². The summed E-state index contributed by atoms with van der Waals surface area (Å²) in [6, 6.07) is 16.0. The number of aliphatic carboxylic acids is 1. The zero-order chi connectivity index (χ0) is 17.1. The third-order valence-electron chi connectivity index (χ3n) is 3.58. The van der Waals surface area contributed by atoms with Gasteiger partial charge in [-0.3, -0.25) is 4.79 Å². The number of benzene rings is 2. The molecule has 1 heterocycles. The van der Waals surface area contributed by atoms with Crippen LogP contribution in [0.25, 0.3) is 21.6 Å². The number of hydrogen-bond donors (Lipinski definition) is 2.